The van der Waals surface area contributed by atoms with Crippen LogP contribution in [-0.2, 0) is 9.53 Å². The van der Waals surface area contributed by atoms with E-state index < -0.39 is 5.41 Å². The molecule has 2 unspecified atom stereocenters. The Morgan fingerprint density at radius 1 is 1.19 bits per heavy atom. The minimum atomic E-state index is -0.447. The number of carbonyl (C=O) groups is 2. The van der Waals surface area contributed by atoms with E-state index in [0.717, 1.165) is 43.5 Å². The van der Waals surface area contributed by atoms with Crippen LogP contribution < -0.4 is 0 Å². The van der Waals surface area contributed by atoms with E-state index in [1.807, 2.05) is 19.9 Å². The molecule has 5 saturated carbocycles. The molecule has 27 heavy (non-hydrogen) atoms. The zero-order chi connectivity index (χ0) is 19.0. The van der Waals surface area contributed by atoms with Gasteiger partial charge in [0.05, 0.1) is 5.41 Å². The lowest BCUT2D eigenvalue weighted by Gasteiger charge is -2.58. The first-order chi connectivity index (χ1) is 12.8. The van der Waals surface area contributed by atoms with Crippen LogP contribution in [0.25, 0.3) is 0 Å². The largest absolute Gasteiger partial charge is 0.457 e. The third-order valence-electron chi connectivity index (χ3n) is 7.45. The Balaban J connectivity index is 1.29. The number of carbonyl (C=O) groups excluding carboxylic acids is 2. The van der Waals surface area contributed by atoms with Crippen molar-refractivity contribution in [2.24, 2.45) is 17.3 Å². The predicted octanol–water partition coefficient (Wildman–Crippen LogP) is 4.74. The fourth-order valence-corrected chi connectivity index (χ4v) is 7.40. The molecule has 1 heterocycles. The molecule has 5 aliphatic rings. The maximum absolute atomic E-state index is 13.0. The van der Waals surface area contributed by atoms with Crippen molar-refractivity contribution in [3.05, 3.63) is 23.0 Å². The van der Waals surface area contributed by atoms with Crippen LogP contribution in [-0.4, -0.2) is 27.8 Å². The van der Waals surface area contributed by atoms with E-state index in [9.17, 15) is 9.59 Å². The fraction of sp³-hybridized carbons (Fsp3) is 0.727. The van der Waals surface area contributed by atoms with Gasteiger partial charge in [-0.05, 0) is 83.1 Å². The number of aryl methyl sites for hydroxylation is 1. The molecule has 1 aromatic rings. The highest BCUT2D eigenvalue weighted by atomic mass is 35.5. The number of ketones is 1. The summed E-state index contributed by atoms with van der Waals surface area (Å²) in [6, 6.07) is 2.49. The summed E-state index contributed by atoms with van der Waals surface area (Å²) in [6.45, 7) is 3.89. The van der Waals surface area contributed by atoms with Gasteiger partial charge in [-0.3, -0.25) is 9.59 Å². The highest BCUT2D eigenvalue weighted by Crippen LogP contribution is 2.64. The van der Waals surface area contributed by atoms with Crippen LogP contribution in [0.4, 0.5) is 0 Å². The van der Waals surface area contributed by atoms with Gasteiger partial charge in [-0.2, -0.15) is 0 Å². The minimum absolute atomic E-state index is 0.0892. The number of rotatable bonds is 5. The van der Waals surface area contributed by atoms with E-state index >= 15 is 0 Å². The van der Waals surface area contributed by atoms with Gasteiger partial charge in [0.25, 0.3) is 0 Å². The maximum atomic E-state index is 13.0. The molecule has 4 atom stereocenters. The molecule has 0 spiro atoms. The van der Waals surface area contributed by atoms with Gasteiger partial charge < -0.3 is 9.30 Å². The quantitative estimate of drug-likeness (QED) is 0.415. The SMILES string of the molecule is Cc1cc(C(=O)COC(=O)C23C[C@@H]4C[C@@H](CC(Cl)(C4)C2)C3)c(C)n1C1CC1. The molecule has 5 heteroatoms. The Kier molecular flexibility index (Phi) is 3.86. The Morgan fingerprint density at radius 3 is 2.44 bits per heavy atom. The van der Waals surface area contributed by atoms with Gasteiger partial charge in [0.1, 0.15) is 0 Å². The smallest absolute Gasteiger partial charge is 0.312 e. The molecule has 0 N–H and O–H groups in total. The molecular formula is C22H28ClNO3. The van der Waals surface area contributed by atoms with Crippen molar-refractivity contribution in [3.63, 3.8) is 0 Å². The van der Waals surface area contributed by atoms with E-state index in [4.69, 9.17) is 16.3 Å². The standard InChI is InChI=1S/C22H28ClNO3/c1-13-5-18(14(2)24(13)17-3-4-17)19(25)11-27-20(26)21-7-15-6-16(8-21)10-22(23,9-15)12-21/h5,15-17H,3-4,6-12H2,1-2H3/t15-,16+,21?,22?. The number of Topliss-reactive ketones (excluding diaryl/α,β-unsaturated/α-hetero) is 1. The molecule has 0 aromatic carbocycles. The highest BCUT2D eigenvalue weighted by Gasteiger charge is 2.60. The summed E-state index contributed by atoms with van der Waals surface area (Å²) in [7, 11) is 0. The van der Waals surface area contributed by atoms with Gasteiger partial charge in [0.15, 0.2) is 6.61 Å². The van der Waals surface area contributed by atoms with Gasteiger partial charge in [-0.1, -0.05) is 0 Å². The molecule has 0 aliphatic heterocycles. The van der Waals surface area contributed by atoms with Crippen LogP contribution in [0, 0.1) is 31.1 Å². The summed E-state index contributed by atoms with van der Waals surface area (Å²) in [5.41, 5.74) is 2.38. The number of esters is 1. The van der Waals surface area contributed by atoms with E-state index in [1.54, 1.807) is 0 Å². The molecule has 0 radical (unpaired) electrons. The summed E-state index contributed by atoms with van der Waals surface area (Å²) in [5, 5.41) is 0. The average Bonchev–Trinajstić information content (AvgIpc) is 3.35. The van der Waals surface area contributed by atoms with Crippen LogP contribution in [0.1, 0.15) is 79.2 Å². The van der Waals surface area contributed by atoms with Gasteiger partial charge in [-0.15, -0.1) is 11.6 Å². The Bertz CT molecular complexity index is 808. The highest BCUT2D eigenvalue weighted by molar-refractivity contribution is 6.24. The molecule has 5 fully saturated rings. The fourth-order valence-electron chi connectivity index (χ4n) is 6.71. The number of hydrogen-bond acceptors (Lipinski definition) is 3. The van der Waals surface area contributed by atoms with Crippen LogP contribution in [0.3, 0.4) is 0 Å². The van der Waals surface area contributed by atoms with Crippen LogP contribution >= 0.6 is 11.6 Å². The topological polar surface area (TPSA) is 48.3 Å². The third-order valence-corrected chi connectivity index (χ3v) is 7.90. The number of nitrogens with zero attached hydrogens (tertiary/aromatic N) is 1. The molecule has 6 rings (SSSR count). The van der Waals surface area contributed by atoms with Crippen molar-refractivity contribution in [3.8, 4) is 0 Å². The Morgan fingerprint density at radius 2 is 1.85 bits per heavy atom. The first-order valence-electron chi connectivity index (χ1n) is 10.4. The monoisotopic (exact) mass is 389 g/mol. The Labute approximate surface area is 165 Å². The van der Waals surface area contributed by atoms with Crippen LogP contribution in [0.2, 0.25) is 0 Å². The van der Waals surface area contributed by atoms with Crippen LogP contribution in [0.5, 0.6) is 0 Å². The van der Waals surface area contributed by atoms with E-state index in [1.165, 1.54) is 19.3 Å². The lowest BCUT2D eigenvalue weighted by molar-refractivity contribution is -0.168. The zero-order valence-electron chi connectivity index (χ0n) is 16.2. The lowest BCUT2D eigenvalue weighted by Crippen LogP contribution is -2.56. The van der Waals surface area contributed by atoms with Crippen molar-refractivity contribution in [2.45, 2.75) is 76.1 Å². The molecule has 5 aliphatic carbocycles. The van der Waals surface area contributed by atoms with Crippen molar-refractivity contribution in [1.82, 2.24) is 4.57 Å². The summed E-state index contributed by atoms with van der Waals surface area (Å²) in [5.74, 6) is 0.813. The number of alkyl halides is 1. The van der Waals surface area contributed by atoms with Gasteiger partial charge in [0.2, 0.25) is 5.78 Å². The minimum Gasteiger partial charge on any atom is -0.457 e. The zero-order valence-corrected chi connectivity index (χ0v) is 17.0. The van der Waals surface area contributed by atoms with E-state index in [0.29, 0.717) is 23.4 Å². The first kappa shape index (κ1) is 17.8. The summed E-state index contributed by atoms with van der Waals surface area (Å²) in [6.07, 6.45) is 8.14. The van der Waals surface area contributed by atoms with E-state index in [-0.39, 0.29) is 23.2 Å². The van der Waals surface area contributed by atoms with E-state index in [2.05, 4.69) is 4.57 Å². The second kappa shape index (κ2) is 5.85. The molecule has 4 bridgehead atoms. The molecule has 146 valence electrons. The number of hydrogen-bond donors (Lipinski definition) is 0. The number of ether oxygens (including phenoxy) is 1. The molecule has 0 amide bonds. The summed E-state index contributed by atoms with van der Waals surface area (Å²) < 4.78 is 7.87. The van der Waals surface area contributed by atoms with Gasteiger partial charge in [-0.25, -0.2) is 0 Å². The summed E-state index contributed by atoms with van der Waals surface area (Å²) in [4.78, 5) is 25.5. The first-order valence-corrected chi connectivity index (χ1v) is 10.7. The second-order valence-corrected chi connectivity index (χ2v) is 10.6. The molecule has 4 nitrogen and oxygen atoms in total. The molecular weight excluding hydrogens is 362 g/mol. The van der Waals surface area contributed by atoms with Gasteiger partial charge >= 0.3 is 5.97 Å². The normalized spacial score (nSPS) is 36.9. The predicted molar refractivity (Wildman–Crippen MR) is 103 cm³/mol. The maximum Gasteiger partial charge on any atom is 0.312 e. The lowest BCUT2D eigenvalue weighted by atomic mass is 9.49. The number of halogens is 1. The van der Waals surface area contributed by atoms with Crippen molar-refractivity contribution >= 4 is 23.4 Å². The summed E-state index contributed by atoms with van der Waals surface area (Å²) >= 11 is 6.82. The van der Waals surface area contributed by atoms with Crippen molar-refractivity contribution < 1.29 is 14.3 Å². The van der Waals surface area contributed by atoms with Crippen molar-refractivity contribution in [2.75, 3.05) is 6.61 Å². The van der Waals surface area contributed by atoms with Gasteiger partial charge in [0, 0.05) is 27.9 Å². The number of aromatic nitrogens is 1. The molecule has 0 saturated heterocycles. The second-order valence-electron chi connectivity index (χ2n) is 9.78. The average molecular weight is 390 g/mol. The third kappa shape index (κ3) is 2.86. The molecule has 1 aromatic heterocycles. The van der Waals surface area contributed by atoms with Crippen molar-refractivity contribution in [1.29, 1.82) is 0 Å². The van der Waals surface area contributed by atoms with Crippen LogP contribution in [0.15, 0.2) is 6.07 Å². The Hall–Kier alpha value is -1.29.